The number of nitrogen functional groups attached to an aromatic ring is 2. The predicted molar refractivity (Wildman–Crippen MR) is 46.9 cm³/mol. The van der Waals surface area contributed by atoms with E-state index >= 15 is 0 Å². The van der Waals surface area contributed by atoms with Gasteiger partial charge in [-0.2, -0.15) is 0 Å². The van der Waals surface area contributed by atoms with Gasteiger partial charge in [0.2, 0.25) is 0 Å². The lowest BCUT2D eigenvalue weighted by molar-refractivity contribution is 1.42. The van der Waals surface area contributed by atoms with Gasteiger partial charge in [0.25, 0.3) is 0 Å². The topological polar surface area (TPSA) is 75.9 Å². The molecule has 11 heavy (non-hydrogen) atoms. The van der Waals surface area contributed by atoms with Crippen molar-refractivity contribution in [1.82, 2.24) is 0 Å². The van der Waals surface area contributed by atoms with Crippen LogP contribution in [0.1, 0.15) is 5.56 Å². The molecule has 0 saturated heterocycles. The molecular weight excluding hydrogens is 162 g/mol. The first-order chi connectivity index (χ1) is 5.11. The number of halogens is 1. The lowest BCUT2D eigenvalue weighted by Gasteiger charge is -2.00. The fourth-order valence-electron chi connectivity index (χ4n) is 0.695. The molecule has 0 aromatic heterocycles. The van der Waals surface area contributed by atoms with Crippen LogP contribution < -0.4 is 11.5 Å². The summed E-state index contributed by atoms with van der Waals surface area (Å²) >= 11 is 5.68. The molecule has 58 valence electrons. The maximum absolute atomic E-state index is 7.08. The Balaban J connectivity index is 3.15. The number of rotatable bonds is 1. The Bertz CT molecular complexity index is 296. The predicted octanol–water partition coefficient (Wildman–Crippen LogP) is 1.21. The van der Waals surface area contributed by atoms with Gasteiger partial charge in [0, 0.05) is 5.56 Å². The number of benzene rings is 1. The van der Waals surface area contributed by atoms with Gasteiger partial charge in [0.1, 0.15) is 5.84 Å². The van der Waals surface area contributed by atoms with Gasteiger partial charge in [-0.1, -0.05) is 11.6 Å². The average Bonchev–Trinajstić information content (AvgIpc) is 1.94. The molecule has 0 unspecified atom stereocenters. The second-order valence-corrected chi connectivity index (χ2v) is 2.56. The molecule has 0 aliphatic heterocycles. The van der Waals surface area contributed by atoms with E-state index in [1.165, 1.54) is 0 Å². The molecule has 0 heterocycles. The van der Waals surface area contributed by atoms with Gasteiger partial charge in [-0.25, -0.2) is 0 Å². The third-order valence-electron chi connectivity index (χ3n) is 1.31. The Morgan fingerprint density at radius 2 is 2.09 bits per heavy atom. The number of amidine groups is 1. The van der Waals surface area contributed by atoms with E-state index in [9.17, 15) is 0 Å². The fraction of sp³-hybridized carbons (Fsp3) is 0. The second kappa shape index (κ2) is 2.80. The zero-order valence-electron chi connectivity index (χ0n) is 5.76. The molecule has 0 bridgehead atoms. The molecule has 1 aromatic rings. The molecule has 0 amide bonds. The van der Waals surface area contributed by atoms with Crippen LogP contribution in [0, 0.1) is 5.41 Å². The molecule has 0 fully saturated rings. The van der Waals surface area contributed by atoms with Gasteiger partial charge >= 0.3 is 0 Å². The summed E-state index contributed by atoms with van der Waals surface area (Å²) in [4.78, 5) is 0. The van der Waals surface area contributed by atoms with Crippen LogP contribution in [0.4, 0.5) is 5.69 Å². The van der Waals surface area contributed by atoms with E-state index in [1.807, 2.05) is 0 Å². The first kappa shape index (κ1) is 7.88. The summed E-state index contributed by atoms with van der Waals surface area (Å²) in [6.07, 6.45) is 0. The highest BCUT2D eigenvalue weighted by atomic mass is 35.5. The quantitative estimate of drug-likeness (QED) is 0.336. The van der Waals surface area contributed by atoms with Gasteiger partial charge in [-0.15, -0.1) is 0 Å². The minimum Gasteiger partial charge on any atom is -0.398 e. The molecule has 1 aromatic carbocycles. The van der Waals surface area contributed by atoms with Crippen molar-refractivity contribution in [3.05, 3.63) is 28.8 Å². The summed E-state index contributed by atoms with van der Waals surface area (Å²) in [6, 6.07) is 4.85. The van der Waals surface area contributed by atoms with E-state index < -0.39 is 0 Å². The molecule has 3 nitrogen and oxygen atoms in total. The molecule has 0 atom stereocenters. The number of nitrogens with two attached hydrogens (primary N) is 2. The van der Waals surface area contributed by atoms with Crippen molar-refractivity contribution < 1.29 is 0 Å². The van der Waals surface area contributed by atoms with Crippen molar-refractivity contribution in [2.45, 2.75) is 0 Å². The largest absolute Gasteiger partial charge is 0.398 e. The van der Waals surface area contributed by atoms with E-state index in [-0.39, 0.29) is 5.84 Å². The van der Waals surface area contributed by atoms with Crippen LogP contribution in [0.5, 0.6) is 0 Å². The summed E-state index contributed by atoms with van der Waals surface area (Å²) in [5.74, 6) is -0.00750. The lowest BCUT2D eigenvalue weighted by atomic mass is 10.2. The maximum Gasteiger partial charge on any atom is 0.122 e. The minimum atomic E-state index is -0.00750. The SMILES string of the molecule is N=C(N)c1ccc(N)c(Cl)c1. The molecule has 0 saturated carbocycles. The summed E-state index contributed by atoms with van der Waals surface area (Å²) in [7, 11) is 0. The van der Waals surface area contributed by atoms with Crippen molar-refractivity contribution >= 4 is 23.1 Å². The molecular formula is C7H8ClN3. The molecule has 0 spiro atoms. The Morgan fingerprint density at radius 1 is 1.45 bits per heavy atom. The van der Waals surface area contributed by atoms with Crippen molar-refractivity contribution in [3.63, 3.8) is 0 Å². The van der Waals surface area contributed by atoms with E-state index in [4.69, 9.17) is 28.5 Å². The molecule has 4 heteroatoms. The van der Waals surface area contributed by atoms with Crippen LogP contribution in [-0.2, 0) is 0 Å². The summed E-state index contributed by atoms with van der Waals surface area (Å²) in [5, 5.41) is 7.51. The van der Waals surface area contributed by atoms with Crippen molar-refractivity contribution in [2.75, 3.05) is 5.73 Å². The van der Waals surface area contributed by atoms with E-state index in [0.29, 0.717) is 16.3 Å². The van der Waals surface area contributed by atoms with Crippen molar-refractivity contribution in [3.8, 4) is 0 Å². The van der Waals surface area contributed by atoms with Crippen LogP contribution in [0.2, 0.25) is 5.02 Å². The third kappa shape index (κ3) is 1.62. The monoisotopic (exact) mass is 169 g/mol. The zero-order chi connectivity index (χ0) is 8.43. The average molecular weight is 170 g/mol. The highest BCUT2D eigenvalue weighted by Crippen LogP contribution is 2.18. The van der Waals surface area contributed by atoms with Gasteiger partial charge < -0.3 is 11.5 Å². The summed E-state index contributed by atoms with van der Waals surface area (Å²) in [6.45, 7) is 0. The van der Waals surface area contributed by atoms with Gasteiger partial charge in [-0.05, 0) is 18.2 Å². The van der Waals surface area contributed by atoms with Crippen LogP contribution in [0.15, 0.2) is 18.2 Å². The standard InChI is InChI=1S/C7H8ClN3/c8-5-3-4(7(10)11)1-2-6(5)9/h1-3H,9H2,(H3,10,11). The molecule has 0 aliphatic rings. The number of anilines is 1. The highest BCUT2D eigenvalue weighted by molar-refractivity contribution is 6.33. The molecule has 5 N–H and O–H groups in total. The Morgan fingerprint density at radius 3 is 2.55 bits per heavy atom. The van der Waals surface area contributed by atoms with E-state index in [2.05, 4.69) is 0 Å². The normalized spacial score (nSPS) is 9.55. The van der Waals surface area contributed by atoms with Crippen LogP contribution >= 0.6 is 11.6 Å². The van der Waals surface area contributed by atoms with Crippen molar-refractivity contribution in [1.29, 1.82) is 5.41 Å². The third-order valence-corrected chi connectivity index (χ3v) is 1.64. The fourth-order valence-corrected chi connectivity index (χ4v) is 0.875. The summed E-state index contributed by atoms with van der Waals surface area (Å²) in [5.41, 5.74) is 11.7. The maximum atomic E-state index is 7.08. The van der Waals surface area contributed by atoms with Crippen LogP contribution in [0.3, 0.4) is 0 Å². The summed E-state index contributed by atoms with van der Waals surface area (Å²) < 4.78 is 0. The first-order valence-corrected chi connectivity index (χ1v) is 3.38. The first-order valence-electron chi connectivity index (χ1n) is 3.00. The lowest BCUT2D eigenvalue weighted by Crippen LogP contribution is -2.10. The number of hydrogen-bond acceptors (Lipinski definition) is 2. The molecule has 0 aliphatic carbocycles. The number of nitrogens with one attached hydrogen (secondary N) is 1. The van der Waals surface area contributed by atoms with Gasteiger partial charge in [0.05, 0.1) is 10.7 Å². The minimum absolute atomic E-state index is 0.00750. The molecule has 1 rings (SSSR count). The Labute approximate surface area is 69.5 Å². The Hall–Kier alpha value is -1.22. The van der Waals surface area contributed by atoms with Crippen molar-refractivity contribution in [2.24, 2.45) is 5.73 Å². The molecule has 0 radical (unpaired) electrons. The highest BCUT2D eigenvalue weighted by Gasteiger charge is 1.99. The van der Waals surface area contributed by atoms with Crippen LogP contribution in [0.25, 0.3) is 0 Å². The Kier molecular flexibility index (Phi) is 2.01. The zero-order valence-corrected chi connectivity index (χ0v) is 6.52. The van der Waals surface area contributed by atoms with Gasteiger partial charge in [-0.3, -0.25) is 5.41 Å². The van der Waals surface area contributed by atoms with Crippen LogP contribution in [-0.4, -0.2) is 5.84 Å². The second-order valence-electron chi connectivity index (χ2n) is 2.15. The van der Waals surface area contributed by atoms with Gasteiger partial charge in [0.15, 0.2) is 0 Å². The van der Waals surface area contributed by atoms with E-state index in [1.54, 1.807) is 18.2 Å². The number of hydrogen-bond donors (Lipinski definition) is 3. The van der Waals surface area contributed by atoms with E-state index in [0.717, 1.165) is 0 Å². The smallest absolute Gasteiger partial charge is 0.122 e.